The SMILES string of the molecule is CCCCOC(=O)CN1CCCCCC1CC(C)=O. The summed E-state index contributed by atoms with van der Waals surface area (Å²) in [5.74, 6) is 0.0557. The van der Waals surface area contributed by atoms with Gasteiger partial charge in [-0.05, 0) is 32.7 Å². The zero-order chi connectivity index (χ0) is 14.1. The summed E-state index contributed by atoms with van der Waals surface area (Å²) in [7, 11) is 0. The molecule has 0 aliphatic carbocycles. The number of Topliss-reactive ketones (excluding diaryl/α,β-unsaturated/α-hetero) is 1. The van der Waals surface area contributed by atoms with Crippen LogP contribution in [-0.2, 0) is 14.3 Å². The highest BCUT2D eigenvalue weighted by Crippen LogP contribution is 2.19. The smallest absolute Gasteiger partial charge is 0.320 e. The summed E-state index contributed by atoms with van der Waals surface area (Å²) < 4.78 is 5.21. The fraction of sp³-hybridized carbons (Fsp3) is 0.867. The molecule has 1 fully saturated rings. The van der Waals surface area contributed by atoms with Crippen molar-refractivity contribution in [1.29, 1.82) is 0 Å². The fourth-order valence-corrected chi connectivity index (χ4v) is 2.55. The van der Waals surface area contributed by atoms with Crippen LogP contribution < -0.4 is 0 Å². The van der Waals surface area contributed by atoms with Crippen LogP contribution in [0.4, 0.5) is 0 Å². The monoisotopic (exact) mass is 269 g/mol. The average Bonchev–Trinajstić information content (AvgIpc) is 2.55. The van der Waals surface area contributed by atoms with Gasteiger partial charge in [0.2, 0.25) is 0 Å². The standard InChI is InChI=1S/C15H27NO3/c1-3-4-10-19-15(18)12-16-9-7-5-6-8-14(16)11-13(2)17/h14H,3-12H2,1-2H3. The molecule has 4 nitrogen and oxygen atoms in total. The maximum Gasteiger partial charge on any atom is 0.320 e. The number of likely N-dealkylation sites (tertiary alicyclic amines) is 1. The van der Waals surface area contributed by atoms with E-state index in [0.717, 1.165) is 38.6 Å². The molecule has 1 heterocycles. The maximum atomic E-state index is 11.8. The molecule has 1 atom stereocenters. The molecule has 0 spiro atoms. The number of hydrogen-bond donors (Lipinski definition) is 0. The van der Waals surface area contributed by atoms with Gasteiger partial charge < -0.3 is 4.74 Å². The zero-order valence-electron chi connectivity index (χ0n) is 12.3. The molecule has 0 aromatic rings. The normalized spacial score (nSPS) is 20.8. The summed E-state index contributed by atoms with van der Waals surface area (Å²) >= 11 is 0. The Morgan fingerprint density at radius 3 is 2.74 bits per heavy atom. The van der Waals surface area contributed by atoms with Gasteiger partial charge in [0.05, 0.1) is 13.2 Å². The maximum absolute atomic E-state index is 11.8. The molecule has 1 unspecified atom stereocenters. The summed E-state index contributed by atoms with van der Waals surface area (Å²) in [6.07, 6.45) is 6.97. The summed E-state index contributed by atoms with van der Waals surface area (Å²) in [5, 5.41) is 0. The highest BCUT2D eigenvalue weighted by molar-refractivity contribution is 5.76. The first-order valence-corrected chi connectivity index (χ1v) is 7.52. The molecular formula is C15H27NO3. The summed E-state index contributed by atoms with van der Waals surface area (Å²) in [6.45, 7) is 5.46. The van der Waals surface area contributed by atoms with Gasteiger partial charge in [0, 0.05) is 12.5 Å². The van der Waals surface area contributed by atoms with Crippen LogP contribution in [0.3, 0.4) is 0 Å². The second-order valence-corrected chi connectivity index (χ2v) is 5.45. The third kappa shape index (κ3) is 6.71. The molecule has 0 bridgehead atoms. The quantitative estimate of drug-likeness (QED) is 0.526. The largest absolute Gasteiger partial charge is 0.465 e. The number of ketones is 1. The number of ether oxygens (including phenoxy) is 1. The van der Waals surface area contributed by atoms with Gasteiger partial charge in [-0.25, -0.2) is 0 Å². The lowest BCUT2D eigenvalue weighted by molar-refractivity contribution is -0.146. The van der Waals surface area contributed by atoms with E-state index < -0.39 is 0 Å². The van der Waals surface area contributed by atoms with Crippen LogP contribution in [0.1, 0.15) is 58.8 Å². The number of rotatable bonds is 7. The van der Waals surface area contributed by atoms with E-state index in [9.17, 15) is 9.59 Å². The first kappa shape index (κ1) is 16.2. The minimum atomic E-state index is -0.149. The van der Waals surface area contributed by atoms with Gasteiger partial charge >= 0.3 is 5.97 Å². The molecule has 4 heteroatoms. The Morgan fingerprint density at radius 2 is 2.05 bits per heavy atom. The Bertz CT molecular complexity index is 291. The number of unbranched alkanes of at least 4 members (excludes halogenated alkanes) is 1. The lowest BCUT2D eigenvalue weighted by Gasteiger charge is -2.28. The van der Waals surface area contributed by atoms with Gasteiger partial charge in [-0.1, -0.05) is 26.2 Å². The third-order valence-electron chi connectivity index (χ3n) is 3.62. The van der Waals surface area contributed by atoms with E-state index in [-0.39, 0.29) is 17.8 Å². The van der Waals surface area contributed by atoms with Crippen molar-refractivity contribution in [2.45, 2.75) is 64.8 Å². The fourth-order valence-electron chi connectivity index (χ4n) is 2.55. The number of esters is 1. The molecule has 1 rings (SSSR count). The molecule has 0 radical (unpaired) electrons. The second kappa shape index (κ2) is 9.08. The summed E-state index contributed by atoms with van der Waals surface area (Å²) in [4.78, 5) is 25.2. The van der Waals surface area contributed by atoms with Crippen LogP contribution in [-0.4, -0.2) is 42.4 Å². The van der Waals surface area contributed by atoms with Crippen molar-refractivity contribution >= 4 is 11.8 Å². The number of nitrogens with zero attached hydrogens (tertiary/aromatic N) is 1. The van der Waals surface area contributed by atoms with Crippen LogP contribution in [0.2, 0.25) is 0 Å². The Kier molecular flexibility index (Phi) is 7.72. The highest BCUT2D eigenvalue weighted by atomic mass is 16.5. The predicted molar refractivity (Wildman–Crippen MR) is 75.0 cm³/mol. The molecule has 0 aromatic heterocycles. The van der Waals surface area contributed by atoms with E-state index in [0.29, 0.717) is 19.6 Å². The molecule has 19 heavy (non-hydrogen) atoms. The van der Waals surface area contributed by atoms with Crippen molar-refractivity contribution in [3.8, 4) is 0 Å². The highest BCUT2D eigenvalue weighted by Gasteiger charge is 2.24. The average molecular weight is 269 g/mol. The minimum absolute atomic E-state index is 0.149. The zero-order valence-corrected chi connectivity index (χ0v) is 12.3. The van der Waals surface area contributed by atoms with Gasteiger partial charge in [0.25, 0.3) is 0 Å². The van der Waals surface area contributed by atoms with Gasteiger partial charge in [-0.3, -0.25) is 14.5 Å². The second-order valence-electron chi connectivity index (χ2n) is 5.45. The van der Waals surface area contributed by atoms with E-state index in [1.807, 2.05) is 0 Å². The van der Waals surface area contributed by atoms with Gasteiger partial charge in [-0.2, -0.15) is 0 Å². The van der Waals surface area contributed by atoms with E-state index in [2.05, 4.69) is 11.8 Å². The van der Waals surface area contributed by atoms with Crippen molar-refractivity contribution in [3.05, 3.63) is 0 Å². The number of hydrogen-bond acceptors (Lipinski definition) is 4. The van der Waals surface area contributed by atoms with Crippen LogP contribution >= 0.6 is 0 Å². The van der Waals surface area contributed by atoms with Crippen molar-refractivity contribution < 1.29 is 14.3 Å². The molecular weight excluding hydrogens is 242 g/mol. The van der Waals surface area contributed by atoms with Crippen LogP contribution in [0.5, 0.6) is 0 Å². The van der Waals surface area contributed by atoms with E-state index in [1.54, 1.807) is 6.92 Å². The molecule has 1 aliphatic heterocycles. The molecule has 0 amide bonds. The minimum Gasteiger partial charge on any atom is -0.465 e. The predicted octanol–water partition coefficient (Wildman–Crippen LogP) is 2.55. The first-order valence-electron chi connectivity index (χ1n) is 7.52. The topological polar surface area (TPSA) is 46.6 Å². The lowest BCUT2D eigenvalue weighted by atomic mass is 10.0. The molecule has 0 saturated carbocycles. The van der Waals surface area contributed by atoms with E-state index in [4.69, 9.17) is 4.74 Å². The summed E-state index contributed by atoms with van der Waals surface area (Å²) in [5.41, 5.74) is 0. The third-order valence-corrected chi connectivity index (χ3v) is 3.62. The molecule has 1 aliphatic rings. The molecule has 0 aromatic carbocycles. The summed E-state index contributed by atoms with van der Waals surface area (Å²) in [6, 6.07) is 0.221. The first-order chi connectivity index (χ1) is 9.13. The van der Waals surface area contributed by atoms with Crippen molar-refractivity contribution in [2.75, 3.05) is 19.7 Å². The van der Waals surface area contributed by atoms with Crippen LogP contribution in [0.15, 0.2) is 0 Å². The van der Waals surface area contributed by atoms with Crippen LogP contribution in [0.25, 0.3) is 0 Å². The van der Waals surface area contributed by atoms with Gasteiger partial charge in [0.15, 0.2) is 0 Å². The molecule has 1 saturated heterocycles. The van der Waals surface area contributed by atoms with Gasteiger partial charge in [0.1, 0.15) is 5.78 Å². The Labute approximate surface area is 116 Å². The van der Waals surface area contributed by atoms with Crippen molar-refractivity contribution in [2.24, 2.45) is 0 Å². The van der Waals surface area contributed by atoms with Crippen molar-refractivity contribution in [1.82, 2.24) is 4.90 Å². The van der Waals surface area contributed by atoms with Crippen LogP contribution in [0, 0.1) is 0 Å². The van der Waals surface area contributed by atoms with E-state index >= 15 is 0 Å². The number of carbonyl (C=O) groups excluding carboxylic acids is 2. The molecule has 110 valence electrons. The molecule has 0 N–H and O–H groups in total. The Balaban J connectivity index is 2.45. The number of carbonyl (C=O) groups is 2. The van der Waals surface area contributed by atoms with E-state index in [1.165, 1.54) is 6.42 Å². The lowest BCUT2D eigenvalue weighted by Crippen LogP contribution is -2.40. The van der Waals surface area contributed by atoms with Crippen molar-refractivity contribution in [3.63, 3.8) is 0 Å². The van der Waals surface area contributed by atoms with Gasteiger partial charge in [-0.15, -0.1) is 0 Å². The Hall–Kier alpha value is -0.900. The Morgan fingerprint density at radius 1 is 1.26 bits per heavy atom.